The molecule has 0 amide bonds. The van der Waals surface area contributed by atoms with Crippen molar-refractivity contribution in [2.45, 2.75) is 38.5 Å². The Hall–Kier alpha value is -1.21. The van der Waals surface area contributed by atoms with Gasteiger partial charge in [0, 0.05) is 19.6 Å². The van der Waals surface area contributed by atoms with Crippen molar-refractivity contribution in [1.82, 2.24) is 14.3 Å². The minimum absolute atomic E-state index is 0.145. The van der Waals surface area contributed by atoms with Gasteiger partial charge in [0.05, 0.1) is 12.4 Å². The number of hydrogen-bond acceptors (Lipinski definition) is 5. The van der Waals surface area contributed by atoms with Crippen LogP contribution in [0.5, 0.6) is 0 Å². The average Bonchev–Trinajstić information content (AvgIpc) is 2.40. The van der Waals surface area contributed by atoms with Crippen molar-refractivity contribution >= 4 is 16.0 Å². The molecular weight excluding hydrogens is 264 g/mol. The van der Waals surface area contributed by atoms with E-state index >= 15 is 0 Å². The summed E-state index contributed by atoms with van der Waals surface area (Å²) in [5, 5.41) is 2.93. The van der Waals surface area contributed by atoms with Gasteiger partial charge in [-0.2, -0.15) is 4.31 Å². The zero-order valence-corrected chi connectivity index (χ0v) is 12.6. The fraction of sp³-hybridized carbons (Fsp3) is 0.667. The molecule has 0 spiro atoms. The quantitative estimate of drug-likeness (QED) is 0.787. The molecule has 108 valence electrons. The monoisotopic (exact) mass is 286 g/mol. The number of nitrogens with one attached hydrogen (secondary N) is 1. The van der Waals surface area contributed by atoms with E-state index in [0.29, 0.717) is 25.6 Å². The van der Waals surface area contributed by atoms with Gasteiger partial charge in [0.1, 0.15) is 4.90 Å². The summed E-state index contributed by atoms with van der Waals surface area (Å²) >= 11 is 0. The van der Waals surface area contributed by atoms with E-state index in [1.54, 1.807) is 0 Å². The predicted octanol–water partition coefficient (Wildman–Crippen LogP) is 1.72. The second kappa shape index (κ2) is 7.40. The molecule has 0 fully saturated rings. The van der Waals surface area contributed by atoms with Gasteiger partial charge < -0.3 is 5.32 Å². The first-order valence-electron chi connectivity index (χ1n) is 6.62. The van der Waals surface area contributed by atoms with Crippen LogP contribution < -0.4 is 5.32 Å². The van der Waals surface area contributed by atoms with E-state index in [9.17, 15) is 8.42 Å². The minimum atomic E-state index is -3.47. The fourth-order valence-corrected chi connectivity index (χ4v) is 3.01. The van der Waals surface area contributed by atoms with Crippen LogP contribution in [-0.4, -0.2) is 42.3 Å². The van der Waals surface area contributed by atoms with Gasteiger partial charge >= 0.3 is 0 Å². The van der Waals surface area contributed by atoms with E-state index < -0.39 is 10.0 Å². The molecule has 1 N–H and O–H groups in total. The molecule has 1 rings (SSSR count). The highest BCUT2D eigenvalue weighted by Crippen LogP contribution is 2.15. The second-order valence-electron chi connectivity index (χ2n) is 4.12. The van der Waals surface area contributed by atoms with E-state index in [-0.39, 0.29) is 4.90 Å². The van der Waals surface area contributed by atoms with Crippen LogP contribution >= 0.6 is 0 Å². The lowest BCUT2D eigenvalue weighted by atomic mass is 10.3. The molecule has 19 heavy (non-hydrogen) atoms. The van der Waals surface area contributed by atoms with E-state index in [4.69, 9.17) is 0 Å². The molecule has 0 aromatic carbocycles. The summed E-state index contributed by atoms with van der Waals surface area (Å²) in [7, 11) is -3.47. The highest BCUT2D eigenvalue weighted by atomic mass is 32.2. The molecule has 7 heteroatoms. The first kappa shape index (κ1) is 15.8. The fourth-order valence-electron chi connectivity index (χ4n) is 1.63. The maximum atomic E-state index is 12.4. The number of anilines is 1. The normalized spacial score (nSPS) is 11.8. The lowest BCUT2D eigenvalue weighted by Gasteiger charge is -2.19. The first-order chi connectivity index (χ1) is 9.06. The number of rotatable bonds is 8. The van der Waals surface area contributed by atoms with Crippen LogP contribution in [0.2, 0.25) is 0 Å². The molecule has 0 aliphatic heterocycles. The van der Waals surface area contributed by atoms with Crippen LogP contribution in [0.15, 0.2) is 17.3 Å². The standard InChI is InChI=1S/C12H22N4O2S/c1-4-7-8-16(6-3)19(17,18)11-9-14-12(13-5-2)15-10-11/h9-10H,4-8H2,1-3H3,(H,13,14,15). The maximum Gasteiger partial charge on any atom is 0.246 e. The zero-order chi connectivity index (χ0) is 14.3. The Kier molecular flexibility index (Phi) is 6.17. The predicted molar refractivity (Wildman–Crippen MR) is 75.5 cm³/mol. The van der Waals surface area contributed by atoms with Crippen LogP contribution in [0.1, 0.15) is 33.6 Å². The van der Waals surface area contributed by atoms with Crippen LogP contribution in [0.4, 0.5) is 5.95 Å². The topological polar surface area (TPSA) is 75.2 Å². The van der Waals surface area contributed by atoms with Crippen LogP contribution in [-0.2, 0) is 10.0 Å². The van der Waals surface area contributed by atoms with Crippen molar-refractivity contribution in [2.75, 3.05) is 25.0 Å². The molecule has 0 bridgehead atoms. The van der Waals surface area contributed by atoms with Crippen molar-refractivity contribution < 1.29 is 8.42 Å². The third-order valence-electron chi connectivity index (χ3n) is 2.71. The van der Waals surface area contributed by atoms with E-state index in [0.717, 1.165) is 12.8 Å². The van der Waals surface area contributed by atoms with E-state index in [2.05, 4.69) is 15.3 Å². The lowest BCUT2D eigenvalue weighted by Crippen LogP contribution is -2.32. The van der Waals surface area contributed by atoms with Crippen LogP contribution in [0, 0.1) is 0 Å². The van der Waals surface area contributed by atoms with E-state index in [1.807, 2.05) is 20.8 Å². The van der Waals surface area contributed by atoms with Gasteiger partial charge in [0.2, 0.25) is 16.0 Å². The molecule has 0 unspecified atom stereocenters. The van der Waals surface area contributed by atoms with Crippen LogP contribution in [0.25, 0.3) is 0 Å². The summed E-state index contributed by atoms with van der Waals surface area (Å²) in [4.78, 5) is 8.15. The van der Waals surface area contributed by atoms with Crippen molar-refractivity contribution in [2.24, 2.45) is 0 Å². The third-order valence-corrected chi connectivity index (χ3v) is 4.64. The molecule has 0 saturated heterocycles. The van der Waals surface area contributed by atoms with Crippen molar-refractivity contribution in [1.29, 1.82) is 0 Å². The Morgan fingerprint density at radius 3 is 2.32 bits per heavy atom. The number of unbranched alkanes of at least 4 members (excludes halogenated alkanes) is 1. The van der Waals surface area contributed by atoms with Crippen LogP contribution in [0.3, 0.4) is 0 Å². The number of aromatic nitrogens is 2. The lowest BCUT2D eigenvalue weighted by molar-refractivity contribution is 0.418. The molecule has 0 atom stereocenters. The number of nitrogens with zero attached hydrogens (tertiary/aromatic N) is 3. The minimum Gasteiger partial charge on any atom is -0.355 e. The summed E-state index contributed by atoms with van der Waals surface area (Å²) in [6.45, 7) is 7.48. The maximum absolute atomic E-state index is 12.4. The molecule has 1 heterocycles. The van der Waals surface area contributed by atoms with Crippen molar-refractivity contribution in [3.63, 3.8) is 0 Å². The van der Waals surface area contributed by atoms with Gasteiger partial charge in [-0.1, -0.05) is 20.3 Å². The Balaban J connectivity index is 2.91. The molecule has 0 aliphatic rings. The molecule has 6 nitrogen and oxygen atoms in total. The van der Waals surface area contributed by atoms with Gasteiger partial charge in [0.25, 0.3) is 0 Å². The first-order valence-corrected chi connectivity index (χ1v) is 8.06. The summed E-state index contributed by atoms with van der Waals surface area (Å²) in [5.41, 5.74) is 0. The molecule has 1 aromatic rings. The molecule has 1 aromatic heterocycles. The Morgan fingerprint density at radius 1 is 1.21 bits per heavy atom. The molecule has 0 saturated carbocycles. The van der Waals surface area contributed by atoms with Gasteiger partial charge in [-0.05, 0) is 13.3 Å². The van der Waals surface area contributed by atoms with Crippen molar-refractivity contribution in [3.05, 3.63) is 12.4 Å². The van der Waals surface area contributed by atoms with Gasteiger partial charge in [0.15, 0.2) is 0 Å². The van der Waals surface area contributed by atoms with Gasteiger partial charge in [-0.25, -0.2) is 18.4 Å². The zero-order valence-electron chi connectivity index (χ0n) is 11.8. The van der Waals surface area contributed by atoms with Gasteiger partial charge in [-0.15, -0.1) is 0 Å². The smallest absolute Gasteiger partial charge is 0.246 e. The Labute approximate surface area is 115 Å². The SMILES string of the molecule is CCCCN(CC)S(=O)(=O)c1cnc(NCC)nc1. The molecule has 0 aliphatic carbocycles. The summed E-state index contributed by atoms with van der Waals surface area (Å²) < 4.78 is 26.2. The summed E-state index contributed by atoms with van der Waals surface area (Å²) in [6.07, 6.45) is 4.52. The van der Waals surface area contributed by atoms with Gasteiger partial charge in [-0.3, -0.25) is 0 Å². The Morgan fingerprint density at radius 2 is 1.84 bits per heavy atom. The Bertz CT molecular complexity index is 473. The summed E-state index contributed by atoms with van der Waals surface area (Å²) in [6, 6.07) is 0. The largest absolute Gasteiger partial charge is 0.355 e. The number of sulfonamides is 1. The van der Waals surface area contributed by atoms with Crippen molar-refractivity contribution in [3.8, 4) is 0 Å². The third kappa shape index (κ3) is 4.14. The highest BCUT2D eigenvalue weighted by molar-refractivity contribution is 7.89. The molecule has 0 radical (unpaired) electrons. The van der Waals surface area contributed by atoms with E-state index in [1.165, 1.54) is 16.7 Å². The average molecular weight is 286 g/mol. The summed E-state index contributed by atoms with van der Waals surface area (Å²) in [5.74, 6) is 0.443. The molecular formula is C12H22N4O2S. The number of hydrogen-bond donors (Lipinski definition) is 1. The highest BCUT2D eigenvalue weighted by Gasteiger charge is 2.23. The second-order valence-corrected chi connectivity index (χ2v) is 6.06.